The number of rotatable bonds is 4. The van der Waals surface area contributed by atoms with Crippen LogP contribution in [0.1, 0.15) is 36.0 Å². The van der Waals surface area contributed by atoms with Crippen LogP contribution < -0.4 is 10.6 Å². The molecule has 0 atom stereocenters. The van der Waals surface area contributed by atoms with Crippen molar-refractivity contribution in [2.24, 2.45) is 17.6 Å². The monoisotopic (exact) mass is 326 g/mol. The van der Waals surface area contributed by atoms with Gasteiger partial charge in [-0.1, -0.05) is 0 Å². The van der Waals surface area contributed by atoms with Gasteiger partial charge in [0.05, 0.1) is 0 Å². The maximum atomic E-state index is 11.2. The van der Waals surface area contributed by atoms with Crippen LogP contribution in [0.25, 0.3) is 0 Å². The molecular formula is C18H25BN3O2. The summed E-state index contributed by atoms with van der Waals surface area (Å²) in [5.74, 6) is 1.07. The summed E-state index contributed by atoms with van der Waals surface area (Å²) in [6, 6.07) is 7.57. The summed E-state index contributed by atoms with van der Waals surface area (Å²) in [5.41, 5.74) is 7.01. The predicted molar refractivity (Wildman–Crippen MR) is 96.9 cm³/mol. The van der Waals surface area contributed by atoms with Crippen molar-refractivity contribution in [3.8, 4) is 0 Å². The molecule has 0 unspecified atom stereocenters. The van der Waals surface area contributed by atoms with E-state index in [4.69, 9.17) is 13.2 Å². The molecule has 1 radical (unpaired) electrons. The van der Waals surface area contributed by atoms with Crippen LogP contribution in [0, 0.1) is 11.8 Å². The molecule has 24 heavy (non-hydrogen) atoms. The Labute approximate surface area is 144 Å². The molecule has 2 saturated heterocycles. The number of primary amides is 1. The summed E-state index contributed by atoms with van der Waals surface area (Å²) in [6.45, 7) is 3.83. The summed E-state index contributed by atoms with van der Waals surface area (Å²) >= 11 is 0. The van der Waals surface area contributed by atoms with E-state index in [1.165, 1.54) is 12.8 Å². The van der Waals surface area contributed by atoms with E-state index in [9.17, 15) is 9.90 Å². The number of hydrogen-bond donors (Lipinski definition) is 2. The fourth-order valence-electron chi connectivity index (χ4n) is 4.07. The summed E-state index contributed by atoms with van der Waals surface area (Å²) in [5, 5.41) is 9.37. The molecule has 1 amide bonds. The molecule has 2 heterocycles. The quantitative estimate of drug-likeness (QED) is 0.820. The maximum absolute atomic E-state index is 11.2. The third-order valence-corrected chi connectivity index (χ3v) is 5.59. The van der Waals surface area contributed by atoms with Crippen LogP contribution in [0.3, 0.4) is 0 Å². The third kappa shape index (κ3) is 3.74. The summed E-state index contributed by atoms with van der Waals surface area (Å²) in [6.07, 6.45) is 4.61. The molecule has 0 aromatic heterocycles. The van der Waals surface area contributed by atoms with E-state index < -0.39 is 0 Å². The molecule has 0 spiro atoms. The van der Waals surface area contributed by atoms with Gasteiger partial charge in [0.2, 0.25) is 5.91 Å². The van der Waals surface area contributed by atoms with E-state index in [0.717, 1.165) is 56.5 Å². The van der Waals surface area contributed by atoms with Crippen molar-refractivity contribution < 1.29 is 9.90 Å². The summed E-state index contributed by atoms with van der Waals surface area (Å²) in [4.78, 5) is 15.4. The SMILES string of the molecule is [B]=C(O)N1CCC(C2CCN(c3ccc(C(N)=O)cc3)CC2)CC1. The first-order valence-corrected chi connectivity index (χ1v) is 8.75. The molecule has 1 aromatic rings. The molecule has 1 aromatic carbocycles. The molecule has 2 fully saturated rings. The van der Waals surface area contributed by atoms with Crippen LogP contribution in [-0.4, -0.2) is 55.4 Å². The molecule has 2 aliphatic rings. The minimum atomic E-state index is -0.382. The Balaban J connectivity index is 1.51. The minimum absolute atomic E-state index is 0.0392. The topological polar surface area (TPSA) is 69.8 Å². The number of nitrogens with zero attached hydrogens (tertiary/aromatic N) is 2. The van der Waals surface area contributed by atoms with E-state index >= 15 is 0 Å². The van der Waals surface area contributed by atoms with Gasteiger partial charge in [0.25, 0.3) is 0 Å². The Hall–Kier alpha value is -1.98. The molecule has 0 bridgehead atoms. The van der Waals surface area contributed by atoms with E-state index in [1.807, 2.05) is 17.0 Å². The average molecular weight is 326 g/mol. The number of piperidine rings is 2. The number of hydrogen-bond acceptors (Lipinski definition) is 4. The molecule has 0 aliphatic carbocycles. The molecule has 3 rings (SSSR count). The van der Waals surface area contributed by atoms with Crippen molar-refractivity contribution in [2.45, 2.75) is 25.7 Å². The zero-order chi connectivity index (χ0) is 17.1. The number of aliphatic hydroxyl groups is 1. The fourth-order valence-corrected chi connectivity index (χ4v) is 4.07. The third-order valence-electron chi connectivity index (χ3n) is 5.59. The molecular weight excluding hydrogens is 301 g/mol. The standard InChI is InChI=1S/C18H25BN3O2/c19-18(24)22-11-7-14(8-12-22)13-5-9-21(10-6-13)16-3-1-15(2-4-16)17(20)23/h1-4,13-14,24H,5-12H2,(H2,20,23). The average Bonchev–Trinajstić information content (AvgIpc) is 2.62. The Bertz CT molecular complexity index is 589. The number of amides is 1. The van der Waals surface area contributed by atoms with E-state index in [-0.39, 0.29) is 11.7 Å². The molecule has 3 N–H and O–H groups in total. The van der Waals surface area contributed by atoms with E-state index in [0.29, 0.717) is 5.56 Å². The van der Waals surface area contributed by atoms with Crippen molar-refractivity contribution >= 4 is 24.9 Å². The second-order valence-electron chi connectivity index (χ2n) is 6.92. The molecule has 5 nitrogen and oxygen atoms in total. The van der Waals surface area contributed by atoms with Crippen molar-refractivity contribution in [3.05, 3.63) is 29.8 Å². The zero-order valence-corrected chi connectivity index (χ0v) is 14.0. The number of carbonyl (C=O) groups is 1. The Morgan fingerprint density at radius 2 is 1.50 bits per heavy atom. The van der Waals surface area contributed by atoms with Crippen molar-refractivity contribution in [3.63, 3.8) is 0 Å². The van der Waals surface area contributed by atoms with Crippen LogP contribution in [0.5, 0.6) is 0 Å². The number of anilines is 1. The zero-order valence-electron chi connectivity index (χ0n) is 14.0. The number of nitrogens with two attached hydrogens (primary N) is 1. The first-order valence-electron chi connectivity index (χ1n) is 8.75. The van der Waals surface area contributed by atoms with Crippen LogP contribution in [0.4, 0.5) is 5.69 Å². The van der Waals surface area contributed by atoms with E-state index in [1.54, 1.807) is 12.1 Å². The van der Waals surface area contributed by atoms with Gasteiger partial charge >= 0.3 is 122 Å². The van der Waals surface area contributed by atoms with Gasteiger partial charge in [-0.3, -0.25) is 4.79 Å². The van der Waals surface area contributed by atoms with Gasteiger partial charge in [-0.2, -0.15) is 0 Å². The Morgan fingerprint density at radius 1 is 1.00 bits per heavy atom. The van der Waals surface area contributed by atoms with Crippen LogP contribution in [0.15, 0.2) is 24.3 Å². The second-order valence-corrected chi connectivity index (χ2v) is 6.92. The van der Waals surface area contributed by atoms with Gasteiger partial charge < -0.3 is 5.73 Å². The summed E-state index contributed by atoms with van der Waals surface area (Å²) in [7, 11) is 5.47. The van der Waals surface area contributed by atoms with Gasteiger partial charge in [-0.15, -0.1) is 0 Å². The number of likely N-dealkylation sites (tertiary alicyclic amines) is 1. The van der Waals surface area contributed by atoms with Gasteiger partial charge in [-0.05, 0) is 0 Å². The van der Waals surface area contributed by atoms with Gasteiger partial charge in [0, 0.05) is 5.56 Å². The van der Waals surface area contributed by atoms with Crippen molar-refractivity contribution in [1.82, 2.24) is 4.90 Å². The van der Waals surface area contributed by atoms with Crippen LogP contribution in [0.2, 0.25) is 0 Å². The van der Waals surface area contributed by atoms with E-state index in [2.05, 4.69) is 4.90 Å². The normalized spacial score (nSPS) is 20.1. The van der Waals surface area contributed by atoms with Gasteiger partial charge in [0.15, 0.2) is 0 Å². The van der Waals surface area contributed by atoms with Crippen molar-refractivity contribution in [1.29, 1.82) is 0 Å². The van der Waals surface area contributed by atoms with Crippen molar-refractivity contribution in [2.75, 3.05) is 31.1 Å². The molecule has 6 heteroatoms. The number of benzene rings is 1. The predicted octanol–water partition coefficient (Wildman–Crippen LogP) is 1.34. The fraction of sp³-hybridized carbons (Fsp3) is 0.556. The Kier molecular flexibility index (Phi) is 5.12. The first kappa shape index (κ1) is 16.9. The van der Waals surface area contributed by atoms with Crippen LogP contribution in [-0.2, 0) is 0 Å². The molecule has 0 saturated carbocycles. The summed E-state index contributed by atoms with van der Waals surface area (Å²) < 4.78 is 0. The molecule has 2 aliphatic heterocycles. The van der Waals surface area contributed by atoms with Crippen LogP contribution >= 0.6 is 0 Å². The molecule has 127 valence electrons. The van der Waals surface area contributed by atoms with Gasteiger partial charge in [-0.25, -0.2) is 0 Å². The van der Waals surface area contributed by atoms with Gasteiger partial charge in [0.1, 0.15) is 0 Å². The first-order chi connectivity index (χ1) is 11.5. The second kappa shape index (κ2) is 7.28. The Morgan fingerprint density at radius 3 is 1.96 bits per heavy atom. The number of carbonyl (C=O) groups excluding carboxylic acids is 1. The number of aliphatic hydroxyl groups excluding tert-OH is 1.